The summed E-state index contributed by atoms with van der Waals surface area (Å²) in [6.07, 6.45) is 1.54. The molecule has 0 aliphatic rings. The molecule has 0 radical (unpaired) electrons. The van der Waals surface area contributed by atoms with Gasteiger partial charge in [-0.25, -0.2) is 13.9 Å². The van der Waals surface area contributed by atoms with Gasteiger partial charge >= 0.3 is 5.97 Å². The van der Waals surface area contributed by atoms with Gasteiger partial charge in [0.05, 0.1) is 23.0 Å². The average Bonchev–Trinajstić information content (AvgIpc) is 3.06. The molecule has 0 saturated carbocycles. The van der Waals surface area contributed by atoms with Gasteiger partial charge < -0.3 is 10.1 Å². The van der Waals surface area contributed by atoms with E-state index < -0.39 is 18.0 Å². The van der Waals surface area contributed by atoms with E-state index in [2.05, 4.69) is 10.4 Å². The van der Waals surface area contributed by atoms with Crippen LogP contribution in [-0.2, 0) is 14.3 Å². The number of rotatable bonds is 6. The maximum absolute atomic E-state index is 13.1. The standard InChI is InChI=1S/C23H18ClFN4O3/c1-14-20(22(24)29(28-14)19-9-5-17(25)6-10-19)11-12-21(30)32-15(2)23(31)27-18-7-3-16(13-26)4-8-18/h3-12,15H,1-2H3,(H,27,31)/b12-11+. The van der Waals surface area contributed by atoms with Crippen molar-refractivity contribution < 1.29 is 18.7 Å². The molecule has 0 bridgehead atoms. The average molecular weight is 453 g/mol. The minimum absolute atomic E-state index is 0.241. The number of hydrogen-bond acceptors (Lipinski definition) is 5. The van der Waals surface area contributed by atoms with Crippen LogP contribution in [0.5, 0.6) is 0 Å². The van der Waals surface area contributed by atoms with Gasteiger partial charge in [-0.15, -0.1) is 0 Å². The highest BCUT2D eigenvalue weighted by Crippen LogP contribution is 2.25. The predicted molar refractivity (Wildman–Crippen MR) is 118 cm³/mol. The van der Waals surface area contributed by atoms with Gasteiger partial charge in [-0.05, 0) is 68.5 Å². The van der Waals surface area contributed by atoms with Crippen molar-refractivity contribution in [1.82, 2.24) is 9.78 Å². The number of halogens is 2. The molecule has 1 amide bonds. The van der Waals surface area contributed by atoms with E-state index in [1.54, 1.807) is 31.2 Å². The van der Waals surface area contributed by atoms with Crippen molar-refractivity contribution in [3.8, 4) is 11.8 Å². The second-order valence-electron chi connectivity index (χ2n) is 6.77. The summed E-state index contributed by atoms with van der Waals surface area (Å²) < 4.78 is 19.7. The Morgan fingerprint density at radius 3 is 2.50 bits per heavy atom. The molecule has 1 unspecified atom stereocenters. The van der Waals surface area contributed by atoms with E-state index in [-0.39, 0.29) is 11.0 Å². The number of aryl methyl sites for hydroxylation is 1. The number of anilines is 1. The molecule has 0 aliphatic carbocycles. The first-order valence-corrected chi connectivity index (χ1v) is 9.87. The highest BCUT2D eigenvalue weighted by molar-refractivity contribution is 6.31. The summed E-state index contributed by atoms with van der Waals surface area (Å²) in [6, 6.07) is 13.9. The van der Waals surface area contributed by atoms with Crippen molar-refractivity contribution in [3.05, 3.63) is 82.4 Å². The molecule has 7 nitrogen and oxygen atoms in total. The third-order valence-electron chi connectivity index (χ3n) is 4.45. The summed E-state index contributed by atoms with van der Waals surface area (Å²) in [5, 5.41) is 16.0. The van der Waals surface area contributed by atoms with Crippen LogP contribution in [0.3, 0.4) is 0 Å². The fourth-order valence-electron chi connectivity index (χ4n) is 2.74. The van der Waals surface area contributed by atoms with Crippen LogP contribution in [0.2, 0.25) is 5.15 Å². The molecule has 9 heteroatoms. The SMILES string of the molecule is Cc1nn(-c2ccc(F)cc2)c(Cl)c1/C=C/C(=O)OC(C)C(=O)Nc1ccc(C#N)cc1. The van der Waals surface area contributed by atoms with Crippen molar-refractivity contribution in [2.24, 2.45) is 0 Å². The summed E-state index contributed by atoms with van der Waals surface area (Å²) in [5.41, 5.74) is 2.54. The lowest BCUT2D eigenvalue weighted by molar-refractivity contribution is -0.148. The zero-order chi connectivity index (χ0) is 23.3. The van der Waals surface area contributed by atoms with Crippen molar-refractivity contribution in [3.63, 3.8) is 0 Å². The number of hydrogen-bond donors (Lipinski definition) is 1. The molecule has 0 fully saturated rings. The maximum Gasteiger partial charge on any atom is 0.331 e. The second-order valence-corrected chi connectivity index (χ2v) is 7.13. The molecule has 0 aliphatic heterocycles. The predicted octanol–water partition coefficient (Wildman–Crippen LogP) is 4.43. The summed E-state index contributed by atoms with van der Waals surface area (Å²) >= 11 is 6.37. The number of carbonyl (C=O) groups excluding carboxylic acids is 2. The molecule has 1 N–H and O–H groups in total. The highest BCUT2D eigenvalue weighted by Gasteiger charge is 2.18. The summed E-state index contributed by atoms with van der Waals surface area (Å²) in [6.45, 7) is 3.15. The van der Waals surface area contributed by atoms with Crippen LogP contribution >= 0.6 is 11.6 Å². The number of esters is 1. The second kappa shape index (κ2) is 9.90. The zero-order valence-corrected chi connectivity index (χ0v) is 17.9. The van der Waals surface area contributed by atoms with Crippen LogP contribution in [-0.4, -0.2) is 27.8 Å². The Balaban J connectivity index is 1.64. The van der Waals surface area contributed by atoms with Gasteiger partial charge in [-0.2, -0.15) is 10.4 Å². The van der Waals surface area contributed by atoms with Gasteiger partial charge in [0.25, 0.3) is 5.91 Å². The third-order valence-corrected chi connectivity index (χ3v) is 4.81. The van der Waals surface area contributed by atoms with E-state index in [0.29, 0.717) is 28.2 Å². The Morgan fingerprint density at radius 1 is 1.22 bits per heavy atom. The van der Waals surface area contributed by atoms with Crippen molar-refractivity contribution >= 4 is 35.2 Å². The van der Waals surface area contributed by atoms with Crippen LogP contribution in [0.25, 0.3) is 11.8 Å². The molecule has 1 heterocycles. The lowest BCUT2D eigenvalue weighted by atomic mass is 10.2. The molecule has 3 rings (SSSR count). The monoisotopic (exact) mass is 452 g/mol. The van der Waals surface area contributed by atoms with E-state index in [4.69, 9.17) is 21.6 Å². The largest absolute Gasteiger partial charge is 0.449 e. The first-order chi connectivity index (χ1) is 15.3. The number of ether oxygens (including phenoxy) is 1. The Kier molecular flexibility index (Phi) is 7.03. The number of carbonyl (C=O) groups is 2. The minimum Gasteiger partial charge on any atom is -0.449 e. The summed E-state index contributed by atoms with van der Waals surface area (Å²) in [5.74, 6) is -1.64. The van der Waals surface area contributed by atoms with E-state index >= 15 is 0 Å². The van der Waals surface area contributed by atoms with Gasteiger partial charge in [-0.1, -0.05) is 11.6 Å². The third kappa shape index (κ3) is 5.39. The van der Waals surface area contributed by atoms with Crippen molar-refractivity contribution in [2.75, 3.05) is 5.32 Å². The minimum atomic E-state index is -1.05. The van der Waals surface area contributed by atoms with Crippen LogP contribution in [0.1, 0.15) is 23.7 Å². The molecule has 162 valence electrons. The van der Waals surface area contributed by atoms with E-state index in [0.717, 1.165) is 6.08 Å². The maximum atomic E-state index is 13.1. The van der Waals surface area contributed by atoms with Crippen LogP contribution in [0.15, 0.2) is 54.6 Å². The Labute approximate surface area is 188 Å². The van der Waals surface area contributed by atoms with Crippen LogP contribution in [0.4, 0.5) is 10.1 Å². The molecule has 2 aromatic carbocycles. The molecule has 3 aromatic rings. The van der Waals surface area contributed by atoms with Gasteiger partial charge in [0.1, 0.15) is 11.0 Å². The van der Waals surface area contributed by atoms with Gasteiger partial charge in [-0.3, -0.25) is 4.79 Å². The topological polar surface area (TPSA) is 97.0 Å². The molecule has 1 aromatic heterocycles. The number of nitriles is 1. The fraction of sp³-hybridized carbons (Fsp3) is 0.130. The Bertz CT molecular complexity index is 1210. The smallest absolute Gasteiger partial charge is 0.331 e. The van der Waals surface area contributed by atoms with E-state index in [1.807, 2.05) is 6.07 Å². The fourth-order valence-corrected chi connectivity index (χ4v) is 3.08. The van der Waals surface area contributed by atoms with Crippen LogP contribution in [0, 0.1) is 24.1 Å². The molecular formula is C23H18ClFN4O3. The number of nitrogens with zero attached hydrogens (tertiary/aromatic N) is 3. The molecule has 0 spiro atoms. The zero-order valence-electron chi connectivity index (χ0n) is 17.2. The first-order valence-electron chi connectivity index (χ1n) is 9.49. The lowest BCUT2D eigenvalue weighted by Gasteiger charge is -2.12. The molecule has 32 heavy (non-hydrogen) atoms. The molecule has 1 atom stereocenters. The molecule has 0 saturated heterocycles. The first kappa shape index (κ1) is 22.7. The van der Waals surface area contributed by atoms with Crippen molar-refractivity contribution in [1.29, 1.82) is 5.26 Å². The Hall–Kier alpha value is -3.96. The lowest BCUT2D eigenvalue weighted by Crippen LogP contribution is -2.29. The van der Waals surface area contributed by atoms with Crippen LogP contribution < -0.4 is 5.32 Å². The van der Waals surface area contributed by atoms with Gasteiger partial charge in [0.15, 0.2) is 6.10 Å². The number of nitrogens with one attached hydrogen (secondary N) is 1. The van der Waals surface area contributed by atoms with E-state index in [1.165, 1.54) is 41.9 Å². The normalized spacial score (nSPS) is 11.7. The number of amides is 1. The summed E-state index contributed by atoms with van der Waals surface area (Å²) in [4.78, 5) is 24.4. The number of aromatic nitrogens is 2. The quantitative estimate of drug-likeness (QED) is 0.441. The van der Waals surface area contributed by atoms with Gasteiger partial charge in [0, 0.05) is 17.3 Å². The summed E-state index contributed by atoms with van der Waals surface area (Å²) in [7, 11) is 0. The Morgan fingerprint density at radius 2 is 1.88 bits per heavy atom. The molecular weight excluding hydrogens is 435 g/mol. The van der Waals surface area contributed by atoms with Gasteiger partial charge in [0.2, 0.25) is 0 Å². The van der Waals surface area contributed by atoms with Crippen molar-refractivity contribution in [2.45, 2.75) is 20.0 Å². The number of benzene rings is 2. The highest BCUT2D eigenvalue weighted by atomic mass is 35.5. The van der Waals surface area contributed by atoms with E-state index in [9.17, 15) is 14.0 Å².